The molecule has 24 heavy (non-hydrogen) atoms. The normalized spacial score (nSPS) is 11.1. The van der Waals surface area contributed by atoms with Crippen LogP contribution < -0.4 is 11.6 Å². The van der Waals surface area contributed by atoms with Crippen molar-refractivity contribution in [1.82, 2.24) is 0 Å². The molecular weight excluding hydrogens is 373 g/mol. The molecule has 0 aliphatic carbocycles. The molecule has 0 rings (SSSR count). The second-order valence-electron chi connectivity index (χ2n) is 7.73. The van der Waals surface area contributed by atoms with E-state index in [1.54, 1.807) is 0 Å². The fourth-order valence-corrected chi connectivity index (χ4v) is 2.09. The predicted molar refractivity (Wildman–Crippen MR) is 108 cm³/mol. The van der Waals surface area contributed by atoms with Crippen LogP contribution in [0, 0.1) is 18.8 Å². The maximum absolute atomic E-state index is 5.96. The predicted octanol–water partition coefficient (Wildman–Crippen LogP) is 6.12. The van der Waals surface area contributed by atoms with Crippen LogP contribution >= 0.6 is 0 Å². The van der Waals surface area contributed by atoms with Crippen LogP contribution in [-0.2, 0) is 37.5 Å². The summed E-state index contributed by atoms with van der Waals surface area (Å²) in [6.45, 7) is 18.3. The van der Waals surface area contributed by atoms with Crippen molar-refractivity contribution in [2.45, 2.75) is 106 Å². The van der Waals surface area contributed by atoms with Crippen molar-refractivity contribution in [1.29, 1.82) is 0 Å². The van der Waals surface area contributed by atoms with Gasteiger partial charge in [0, 0.05) is 38.8 Å². The summed E-state index contributed by atoms with van der Waals surface area (Å²) in [5, 5.41) is 0. The first-order valence-electron chi connectivity index (χ1n) is 9.21. The minimum atomic E-state index is 0. The molecule has 1 atom stereocenters. The van der Waals surface area contributed by atoms with Gasteiger partial charge in [-0.25, -0.2) is 5.90 Å². The second-order valence-corrected chi connectivity index (χ2v) is 7.73. The van der Waals surface area contributed by atoms with Crippen LogP contribution in [0.5, 0.6) is 0 Å². The van der Waals surface area contributed by atoms with Crippen LogP contribution in [0.15, 0.2) is 0 Å². The van der Waals surface area contributed by atoms with E-state index < -0.39 is 0 Å². The number of rotatable bonds is 8. The van der Waals surface area contributed by atoms with E-state index in [2.05, 4.69) is 59.2 Å². The van der Waals surface area contributed by atoms with Crippen LogP contribution in [-0.4, -0.2) is 12.6 Å². The molecule has 0 aliphatic heterocycles. The Hall–Kier alpha value is 0.984. The molecule has 0 aliphatic rings. The molecule has 0 aromatic rings. The Labute approximate surface area is 180 Å². The standard InChI is InChI=1S/C10H23N.C6H14.C3H9NO.CH3.Y/c1-8(2)6-9(11)7-10(3,4)5;1-3-5-6-4-2;1-2-3-5-4;;/h8-9H,6-7,11H2,1-5H3;3-6H2,1-2H3;2-4H2,1H3;1H3;/q;;;-1;. The molecule has 0 spiro atoms. The summed E-state index contributed by atoms with van der Waals surface area (Å²) in [4.78, 5) is 4.19. The van der Waals surface area contributed by atoms with Gasteiger partial charge in [0.05, 0.1) is 6.61 Å². The van der Waals surface area contributed by atoms with Gasteiger partial charge >= 0.3 is 0 Å². The molecule has 4 heteroatoms. The quantitative estimate of drug-likeness (QED) is 0.281. The number of hydrogen-bond donors (Lipinski definition) is 2. The van der Waals surface area contributed by atoms with Gasteiger partial charge in [0.15, 0.2) is 0 Å². The van der Waals surface area contributed by atoms with E-state index in [0.717, 1.165) is 25.2 Å². The molecule has 0 saturated heterocycles. The monoisotopic (exact) mass is 422 g/mol. The maximum Gasteiger partial charge on any atom is 0.0676 e. The molecule has 0 saturated carbocycles. The summed E-state index contributed by atoms with van der Waals surface area (Å²) in [6.07, 6.45) is 8.81. The minimum absolute atomic E-state index is 0. The molecular formula is C20H49N2OY-. The zero-order valence-electron chi connectivity index (χ0n) is 18.5. The van der Waals surface area contributed by atoms with Crippen LogP contribution in [0.1, 0.15) is 100 Å². The fraction of sp³-hybridized carbons (Fsp3) is 0.950. The van der Waals surface area contributed by atoms with E-state index in [-0.39, 0.29) is 40.1 Å². The second kappa shape index (κ2) is 26.2. The Morgan fingerprint density at radius 1 is 0.917 bits per heavy atom. The molecule has 0 amide bonds. The summed E-state index contributed by atoms with van der Waals surface area (Å²) in [5.74, 6) is 5.37. The van der Waals surface area contributed by atoms with Crippen molar-refractivity contribution in [2.24, 2.45) is 23.0 Å². The van der Waals surface area contributed by atoms with E-state index in [9.17, 15) is 0 Å². The van der Waals surface area contributed by atoms with Crippen LogP contribution in [0.2, 0.25) is 0 Å². The van der Waals surface area contributed by atoms with Gasteiger partial charge in [-0.3, -0.25) is 0 Å². The third-order valence-corrected chi connectivity index (χ3v) is 2.93. The minimum Gasteiger partial charge on any atom is -0.358 e. The number of nitrogens with two attached hydrogens (primary N) is 2. The third kappa shape index (κ3) is 49.5. The Balaban J connectivity index is -0.0000000796. The average Bonchev–Trinajstić information content (AvgIpc) is 2.35. The van der Waals surface area contributed by atoms with E-state index >= 15 is 0 Å². The Morgan fingerprint density at radius 3 is 1.50 bits per heavy atom. The zero-order valence-corrected chi connectivity index (χ0v) is 21.3. The molecule has 0 aromatic heterocycles. The molecule has 0 fully saturated rings. The van der Waals surface area contributed by atoms with Crippen molar-refractivity contribution < 1.29 is 37.5 Å². The Morgan fingerprint density at radius 2 is 1.33 bits per heavy atom. The molecule has 1 unspecified atom stereocenters. The first-order valence-corrected chi connectivity index (χ1v) is 9.21. The van der Waals surface area contributed by atoms with Crippen LogP contribution in [0.25, 0.3) is 0 Å². The van der Waals surface area contributed by atoms with Crippen molar-refractivity contribution >= 4 is 0 Å². The first kappa shape index (κ1) is 36.0. The Bertz CT molecular complexity index is 189. The van der Waals surface area contributed by atoms with Gasteiger partial charge in [-0.15, -0.1) is 0 Å². The van der Waals surface area contributed by atoms with Gasteiger partial charge in [0.1, 0.15) is 0 Å². The summed E-state index contributed by atoms with van der Waals surface area (Å²) in [7, 11) is 0. The molecule has 149 valence electrons. The van der Waals surface area contributed by atoms with Crippen molar-refractivity contribution in [3.63, 3.8) is 0 Å². The van der Waals surface area contributed by atoms with Gasteiger partial charge in [-0.05, 0) is 30.6 Å². The maximum atomic E-state index is 5.96. The first-order chi connectivity index (χ1) is 10.1. The molecule has 4 N–H and O–H groups in total. The smallest absolute Gasteiger partial charge is 0.0676 e. The van der Waals surface area contributed by atoms with Gasteiger partial charge in [-0.2, -0.15) is 0 Å². The van der Waals surface area contributed by atoms with Crippen molar-refractivity contribution in [2.75, 3.05) is 6.61 Å². The van der Waals surface area contributed by atoms with Gasteiger partial charge < -0.3 is 18.0 Å². The summed E-state index contributed by atoms with van der Waals surface area (Å²) >= 11 is 0. The van der Waals surface area contributed by atoms with Crippen molar-refractivity contribution in [3.8, 4) is 0 Å². The summed E-state index contributed by atoms with van der Waals surface area (Å²) in [5.41, 5.74) is 6.34. The molecule has 0 aromatic carbocycles. The molecule has 0 bridgehead atoms. The van der Waals surface area contributed by atoms with Crippen LogP contribution in [0.3, 0.4) is 0 Å². The van der Waals surface area contributed by atoms with Crippen molar-refractivity contribution in [3.05, 3.63) is 7.43 Å². The Kier molecular flexibility index (Phi) is 39.3. The molecule has 3 nitrogen and oxygen atoms in total. The number of unbranched alkanes of at least 4 members (excludes halogenated alkanes) is 3. The zero-order chi connectivity index (χ0) is 18.0. The van der Waals surface area contributed by atoms with E-state index in [0.29, 0.717) is 18.1 Å². The summed E-state index contributed by atoms with van der Waals surface area (Å²) in [6, 6.07) is 0.384. The van der Waals surface area contributed by atoms with E-state index in [1.165, 1.54) is 25.7 Å². The molecule has 1 radical (unpaired) electrons. The molecule has 0 heterocycles. The summed E-state index contributed by atoms with van der Waals surface area (Å²) < 4.78 is 0. The van der Waals surface area contributed by atoms with E-state index in [4.69, 9.17) is 5.73 Å². The third-order valence-electron chi connectivity index (χ3n) is 2.93. The van der Waals surface area contributed by atoms with Gasteiger partial charge in [0.25, 0.3) is 0 Å². The van der Waals surface area contributed by atoms with Gasteiger partial charge in [-0.1, -0.05) is 81.1 Å². The average molecular weight is 423 g/mol. The SMILES string of the molecule is CC(C)CC(N)CC(C)(C)C.CCCCCC.CCCON.[CH3-].[Y]. The fourth-order valence-electron chi connectivity index (χ4n) is 2.09. The largest absolute Gasteiger partial charge is 0.358 e. The number of hydrogen-bond acceptors (Lipinski definition) is 3. The van der Waals surface area contributed by atoms with E-state index in [1.807, 2.05) is 6.92 Å². The van der Waals surface area contributed by atoms with Crippen LogP contribution in [0.4, 0.5) is 0 Å². The van der Waals surface area contributed by atoms with Gasteiger partial charge in [0.2, 0.25) is 0 Å². The topological polar surface area (TPSA) is 61.3 Å².